The van der Waals surface area contributed by atoms with E-state index in [-0.39, 0.29) is 17.8 Å². The molecule has 0 aromatic carbocycles. The molecule has 0 N–H and O–H groups in total. The molecule has 0 spiro atoms. The summed E-state index contributed by atoms with van der Waals surface area (Å²) in [5.41, 5.74) is 0.564. The van der Waals surface area contributed by atoms with Crippen LogP contribution in [0.1, 0.15) is 30.1 Å². The Morgan fingerprint density at radius 1 is 1.40 bits per heavy atom. The molecule has 5 nitrogen and oxygen atoms in total. The van der Waals surface area contributed by atoms with Crippen molar-refractivity contribution in [2.75, 3.05) is 19.7 Å². The minimum atomic E-state index is -0.149. The number of rotatable bonds is 3. The van der Waals surface area contributed by atoms with Gasteiger partial charge >= 0.3 is 5.97 Å². The normalized spacial score (nSPS) is 16.0. The highest BCUT2D eigenvalue weighted by Crippen LogP contribution is 2.21. The first-order valence-corrected chi connectivity index (χ1v) is 7.47. The fraction of sp³-hybridized carbons (Fsp3) is 0.500. The molecule has 20 heavy (non-hydrogen) atoms. The highest BCUT2D eigenvalue weighted by Gasteiger charge is 2.28. The van der Waals surface area contributed by atoms with Gasteiger partial charge in [0.1, 0.15) is 0 Å². The predicted molar refractivity (Wildman–Crippen MR) is 77.2 cm³/mol. The molecular formula is C14H17BrN2O3. The molecule has 0 unspecified atom stereocenters. The third-order valence-corrected chi connectivity index (χ3v) is 3.79. The van der Waals surface area contributed by atoms with Crippen LogP contribution in [0.2, 0.25) is 0 Å². The van der Waals surface area contributed by atoms with Crippen molar-refractivity contribution < 1.29 is 14.3 Å². The summed E-state index contributed by atoms with van der Waals surface area (Å²) in [5.74, 6) is -0.274. The molecule has 0 aliphatic carbocycles. The molecule has 0 radical (unpaired) electrons. The number of halogens is 1. The van der Waals surface area contributed by atoms with Crippen molar-refractivity contribution in [1.82, 2.24) is 9.88 Å². The van der Waals surface area contributed by atoms with E-state index in [2.05, 4.69) is 20.9 Å². The number of hydrogen-bond donors (Lipinski definition) is 0. The lowest BCUT2D eigenvalue weighted by molar-refractivity contribution is -0.149. The van der Waals surface area contributed by atoms with Gasteiger partial charge in [0.2, 0.25) is 0 Å². The van der Waals surface area contributed by atoms with Crippen molar-refractivity contribution in [1.29, 1.82) is 0 Å². The molecule has 0 atom stereocenters. The number of piperidine rings is 1. The van der Waals surface area contributed by atoms with Crippen molar-refractivity contribution in [3.63, 3.8) is 0 Å². The van der Waals surface area contributed by atoms with Gasteiger partial charge in [-0.3, -0.25) is 14.6 Å². The number of aromatic nitrogens is 1. The van der Waals surface area contributed by atoms with Gasteiger partial charge in [-0.2, -0.15) is 0 Å². The van der Waals surface area contributed by atoms with Crippen LogP contribution in [-0.4, -0.2) is 41.5 Å². The highest BCUT2D eigenvalue weighted by molar-refractivity contribution is 9.10. The average Bonchev–Trinajstić information content (AvgIpc) is 2.47. The van der Waals surface area contributed by atoms with Crippen LogP contribution in [0.5, 0.6) is 0 Å². The lowest BCUT2D eigenvalue weighted by Gasteiger charge is -2.30. The van der Waals surface area contributed by atoms with Crippen molar-refractivity contribution in [2.24, 2.45) is 5.92 Å². The molecule has 1 aromatic heterocycles. The third-order valence-electron chi connectivity index (χ3n) is 3.35. The molecule has 0 saturated carbocycles. The number of hydrogen-bond acceptors (Lipinski definition) is 4. The minimum Gasteiger partial charge on any atom is -0.466 e. The molecule has 2 rings (SSSR count). The summed E-state index contributed by atoms with van der Waals surface area (Å²) in [6.07, 6.45) is 4.52. The van der Waals surface area contributed by atoms with Gasteiger partial charge in [0.25, 0.3) is 5.91 Å². The summed E-state index contributed by atoms with van der Waals surface area (Å²) < 4.78 is 5.80. The Bertz CT molecular complexity index is 499. The number of esters is 1. The first-order chi connectivity index (χ1) is 9.61. The zero-order chi connectivity index (χ0) is 14.5. The summed E-state index contributed by atoms with van der Waals surface area (Å²) in [6.45, 7) is 3.36. The van der Waals surface area contributed by atoms with Crippen molar-refractivity contribution >= 4 is 27.8 Å². The maximum absolute atomic E-state index is 12.3. The molecule has 0 bridgehead atoms. The van der Waals surface area contributed by atoms with E-state index >= 15 is 0 Å². The number of likely N-dealkylation sites (tertiary alicyclic amines) is 1. The van der Waals surface area contributed by atoms with E-state index in [1.807, 2.05) is 0 Å². The standard InChI is InChI=1S/C14H17BrN2O3/c1-2-20-14(19)10-3-5-17(6-4-10)13(18)11-7-12(15)9-16-8-11/h7-10H,2-6H2,1H3. The van der Waals surface area contributed by atoms with Gasteiger partial charge in [0.15, 0.2) is 0 Å². The number of ether oxygens (including phenoxy) is 1. The monoisotopic (exact) mass is 340 g/mol. The predicted octanol–water partition coefficient (Wildman–Crippen LogP) is 2.26. The third kappa shape index (κ3) is 3.56. The number of carbonyl (C=O) groups is 2. The smallest absolute Gasteiger partial charge is 0.309 e. The second-order valence-electron chi connectivity index (χ2n) is 4.71. The average molecular weight is 341 g/mol. The Balaban J connectivity index is 1.93. The Kier molecular flexibility index (Phi) is 5.11. The molecule has 1 aromatic rings. The van der Waals surface area contributed by atoms with E-state index in [1.54, 1.807) is 30.3 Å². The first-order valence-electron chi connectivity index (χ1n) is 6.68. The highest BCUT2D eigenvalue weighted by atomic mass is 79.9. The number of amides is 1. The first kappa shape index (κ1) is 15.0. The quantitative estimate of drug-likeness (QED) is 0.792. The summed E-state index contributed by atoms with van der Waals surface area (Å²) in [7, 11) is 0. The summed E-state index contributed by atoms with van der Waals surface area (Å²) >= 11 is 3.31. The minimum absolute atomic E-state index is 0.0406. The molecule has 6 heteroatoms. The van der Waals surface area contributed by atoms with E-state index in [0.717, 1.165) is 4.47 Å². The van der Waals surface area contributed by atoms with Crippen LogP contribution in [0, 0.1) is 5.92 Å². The van der Waals surface area contributed by atoms with E-state index in [0.29, 0.717) is 38.1 Å². The van der Waals surface area contributed by atoms with Crippen LogP contribution in [0.15, 0.2) is 22.9 Å². The SMILES string of the molecule is CCOC(=O)C1CCN(C(=O)c2cncc(Br)c2)CC1. The molecule has 1 saturated heterocycles. The van der Waals surface area contributed by atoms with Crippen molar-refractivity contribution in [2.45, 2.75) is 19.8 Å². The largest absolute Gasteiger partial charge is 0.466 e. The second-order valence-corrected chi connectivity index (χ2v) is 5.63. The van der Waals surface area contributed by atoms with Crippen LogP contribution < -0.4 is 0 Å². The Hall–Kier alpha value is -1.43. The van der Waals surface area contributed by atoms with Crippen LogP contribution in [0.4, 0.5) is 0 Å². The Morgan fingerprint density at radius 3 is 2.70 bits per heavy atom. The molecule has 1 aliphatic heterocycles. The van der Waals surface area contributed by atoms with E-state index in [9.17, 15) is 9.59 Å². The topological polar surface area (TPSA) is 59.5 Å². The summed E-state index contributed by atoms with van der Waals surface area (Å²) in [4.78, 5) is 29.7. The number of pyridine rings is 1. The maximum Gasteiger partial charge on any atom is 0.309 e. The van der Waals surface area contributed by atoms with Gasteiger partial charge in [-0.25, -0.2) is 0 Å². The lowest BCUT2D eigenvalue weighted by Crippen LogP contribution is -2.40. The van der Waals surface area contributed by atoms with Crippen LogP contribution >= 0.6 is 15.9 Å². The van der Waals surface area contributed by atoms with Crippen LogP contribution in [0.25, 0.3) is 0 Å². The second kappa shape index (κ2) is 6.83. The fourth-order valence-corrected chi connectivity index (χ4v) is 2.65. The molecule has 2 heterocycles. The van der Waals surface area contributed by atoms with E-state index in [4.69, 9.17) is 4.74 Å². The molecule has 1 amide bonds. The van der Waals surface area contributed by atoms with Crippen LogP contribution in [0.3, 0.4) is 0 Å². The fourth-order valence-electron chi connectivity index (χ4n) is 2.29. The maximum atomic E-state index is 12.3. The summed E-state index contributed by atoms with van der Waals surface area (Å²) in [6, 6.07) is 1.76. The number of nitrogens with zero attached hydrogens (tertiary/aromatic N) is 2. The van der Waals surface area contributed by atoms with Gasteiger partial charge < -0.3 is 9.64 Å². The van der Waals surface area contributed by atoms with Gasteiger partial charge in [0.05, 0.1) is 18.1 Å². The van der Waals surface area contributed by atoms with Crippen LogP contribution in [-0.2, 0) is 9.53 Å². The van der Waals surface area contributed by atoms with Crippen molar-refractivity contribution in [3.05, 3.63) is 28.5 Å². The van der Waals surface area contributed by atoms with E-state index < -0.39 is 0 Å². The zero-order valence-corrected chi connectivity index (χ0v) is 12.9. The van der Waals surface area contributed by atoms with Gasteiger partial charge in [-0.1, -0.05) is 0 Å². The Morgan fingerprint density at radius 2 is 2.10 bits per heavy atom. The summed E-state index contributed by atoms with van der Waals surface area (Å²) in [5, 5.41) is 0. The molecule has 108 valence electrons. The number of carbonyl (C=O) groups excluding carboxylic acids is 2. The van der Waals surface area contributed by atoms with Gasteiger partial charge in [0, 0.05) is 30.0 Å². The zero-order valence-electron chi connectivity index (χ0n) is 11.3. The van der Waals surface area contributed by atoms with Gasteiger partial charge in [-0.05, 0) is 41.8 Å². The lowest BCUT2D eigenvalue weighted by atomic mass is 9.96. The van der Waals surface area contributed by atoms with E-state index in [1.165, 1.54) is 0 Å². The molecule has 1 fully saturated rings. The van der Waals surface area contributed by atoms with Crippen molar-refractivity contribution in [3.8, 4) is 0 Å². The van der Waals surface area contributed by atoms with Gasteiger partial charge in [-0.15, -0.1) is 0 Å². The molecular weight excluding hydrogens is 324 g/mol. The molecule has 1 aliphatic rings. The Labute approximate surface area is 126 Å².